The minimum Gasteiger partial charge on any atom is -0.264 e. The molecule has 1 aromatic rings. The molecule has 0 atom stereocenters. The van der Waals surface area contributed by atoms with Crippen LogP contribution in [-0.2, 0) is 0 Å². The summed E-state index contributed by atoms with van der Waals surface area (Å²) >= 11 is 0. The lowest BCUT2D eigenvalue weighted by molar-refractivity contribution is -0.466. The van der Waals surface area contributed by atoms with E-state index in [0.717, 1.165) is 0 Å². The van der Waals surface area contributed by atoms with Gasteiger partial charge in [-0.2, -0.15) is 5.26 Å². The van der Waals surface area contributed by atoms with Gasteiger partial charge in [0.2, 0.25) is 0 Å². The maximum Gasteiger partial charge on any atom is 0.263 e. The normalized spacial score (nSPS) is 8.21. The van der Waals surface area contributed by atoms with Crippen LogP contribution in [-0.4, -0.2) is 11.5 Å². The Balaban J connectivity index is 2.73. The highest BCUT2D eigenvalue weighted by atomic mass is 16.6. The van der Waals surface area contributed by atoms with Crippen LogP contribution >= 0.6 is 0 Å². The van der Waals surface area contributed by atoms with Crippen LogP contribution in [0.3, 0.4) is 0 Å². The first-order valence-corrected chi connectivity index (χ1v) is 3.83. The van der Waals surface area contributed by atoms with Crippen LogP contribution in [0.15, 0.2) is 24.3 Å². The molecule has 0 aliphatic heterocycles. The van der Waals surface area contributed by atoms with Gasteiger partial charge in [0.1, 0.15) is 0 Å². The van der Waals surface area contributed by atoms with E-state index >= 15 is 0 Å². The first kappa shape index (κ1) is 9.76. The summed E-state index contributed by atoms with van der Waals surface area (Å²) in [5, 5.41) is 18.5. The molecule has 68 valence electrons. The van der Waals surface area contributed by atoms with Crippen LogP contribution in [0.1, 0.15) is 11.1 Å². The van der Waals surface area contributed by atoms with Gasteiger partial charge in [0.15, 0.2) is 0 Å². The zero-order chi connectivity index (χ0) is 10.4. The minimum absolute atomic E-state index is 0.361. The largest absolute Gasteiger partial charge is 0.264 e. The predicted octanol–water partition coefficient (Wildman–Crippen LogP) is 1.19. The summed E-state index contributed by atoms with van der Waals surface area (Å²) in [6, 6.07) is 8.53. The standard InChI is InChI=1S/C10H6N2O2/c11-8-10-5-3-9(4-6-10)2-1-7-12(13)14/h3-6H,7H2. The van der Waals surface area contributed by atoms with Gasteiger partial charge in [0, 0.05) is 10.5 Å². The van der Waals surface area contributed by atoms with E-state index in [2.05, 4.69) is 11.8 Å². The van der Waals surface area contributed by atoms with Gasteiger partial charge >= 0.3 is 0 Å². The van der Waals surface area contributed by atoms with Crippen LogP contribution in [0.5, 0.6) is 0 Å². The van der Waals surface area contributed by atoms with Crippen LogP contribution in [0.2, 0.25) is 0 Å². The number of hydrogen-bond donors (Lipinski definition) is 0. The van der Waals surface area contributed by atoms with E-state index in [1.54, 1.807) is 24.3 Å². The third-order valence-electron chi connectivity index (χ3n) is 1.45. The van der Waals surface area contributed by atoms with Crippen molar-refractivity contribution in [3.63, 3.8) is 0 Å². The minimum atomic E-state index is -0.489. The zero-order valence-corrected chi connectivity index (χ0v) is 7.23. The van der Waals surface area contributed by atoms with Crippen molar-refractivity contribution < 1.29 is 4.92 Å². The number of nitriles is 1. The van der Waals surface area contributed by atoms with Gasteiger partial charge in [-0.15, -0.1) is 0 Å². The molecule has 0 aromatic heterocycles. The van der Waals surface area contributed by atoms with E-state index in [1.807, 2.05) is 6.07 Å². The molecule has 4 nitrogen and oxygen atoms in total. The summed E-state index contributed by atoms with van der Waals surface area (Å²) in [6.45, 7) is -0.361. The number of hydrogen-bond acceptors (Lipinski definition) is 3. The van der Waals surface area contributed by atoms with Crippen molar-refractivity contribution in [1.29, 1.82) is 5.26 Å². The van der Waals surface area contributed by atoms with Crippen molar-refractivity contribution in [3.8, 4) is 17.9 Å². The monoisotopic (exact) mass is 186 g/mol. The van der Waals surface area contributed by atoms with Crippen LogP contribution in [0, 0.1) is 33.3 Å². The Kier molecular flexibility index (Phi) is 3.23. The Labute approximate surface area is 80.9 Å². The molecular formula is C10H6N2O2. The smallest absolute Gasteiger partial charge is 0.263 e. The number of rotatable bonds is 1. The molecule has 1 rings (SSSR count). The average molecular weight is 186 g/mol. The summed E-state index contributed by atoms with van der Waals surface area (Å²) < 4.78 is 0. The molecular weight excluding hydrogens is 180 g/mol. The first-order valence-electron chi connectivity index (χ1n) is 3.83. The van der Waals surface area contributed by atoms with Gasteiger partial charge in [0.05, 0.1) is 11.6 Å². The second kappa shape index (κ2) is 4.64. The van der Waals surface area contributed by atoms with E-state index in [9.17, 15) is 10.1 Å². The molecule has 0 aliphatic rings. The molecule has 0 fully saturated rings. The molecule has 0 saturated heterocycles. The van der Waals surface area contributed by atoms with Gasteiger partial charge in [-0.3, -0.25) is 10.1 Å². The Morgan fingerprint density at radius 3 is 2.36 bits per heavy atom. The Morgan fingerprint density at radius 2 is 1.86 bits per heavy atom. The highest BCUT2D eigenvalue weighted by Crippen LogP contribution is 2.00. The van der Waals surface area contributed by atoms with Crippen molar-refractivity contribution >= 4 is 0 Å². The molecule has 0 radical (unpaired) electrons. The molecule has 0 bridgehead atoms. The molecule has 0 spiro atoms. The third kappa shape index (κ3) is 2.96. The van der Waals surface area contributed by atoms with Crippen LogP contribution in [0.4, 0.5) is 0 Å². The maximum absolute atomic E-state index is 9.95. The SMILES string of the molecule is N#Cc1ccc(C#CC[N+](=O)[O-])cc1. The second-order valence-electron chi connectivity index (χ2n) is 2.48. The first-order chi connectivity index (χ1) is 6.72. The molecule has 14 heavy (non-hydrogen) atoms. The second-order valence-corrected chi connectivity index (χ2v) is 2.48. The summed E-state index contributed by atoms with van der Waals surface area (Å²) in [5.74, 6) is 5.03. The number of benzene rings is 1. The van der Waals surface area contributed by atoms with Gasteiger partial charge in [-0.25, -0.2) is 0 Å². The van der Waals surface area contributed by atoms with Crippen molar-refractivity contribution in [3.05, 3.63) is 45.5 Å². The molecule has 0 saturated carbocycles. The van der Waals surface area contributed by atoms with Crippen molar-refractivity contribution in [2.75, 3.05) is 6.54 Å². The van der Waals surface area contributed by atoms with Gasteiger partial charge in [-0.05, 0) is 30.2 Å². The number of nitrogens with zero attached hydrogens (tertiary/aromatic N) is 2. The van der Waals surface area contributed by atoms with E-state index in [1.165, 1.54) is 0 Å². The van der Waals surface area contributed by atoms with Gasteiger partial charge in [-0.1, -0.05) is 5.92 Å². The molecule has 0 amide bonds. The van der Waals surface area contributed by atoms with E-state index in [0.29, 0.717) is 11.1 Å². The lowest BCUT2D eigenvalue weighted by atomic mass is 10.1. The molecule has 0 aliphatic carbocycles. The highest BCUT2D eigenvalue weighted by molar-refractivity contribution is 5.39. The summed E-state index contributed by atoms with van der Waals surface area (Å²) in [5.41, 5.74) is 1.22. The maximum atomic E-state index is 9.95. The fourth-order valence-electron chi connectivity index (χ4n) is 0.834. The quantitative estimate of drug-likeness (QED) is 0.376. The summed E-state index contributed by atoms with van der Waals surface area (Å²) in [6.07, 6.45) is 0. The van der Waals surface area contributed by atoms with Crippen LogP contribution < -0.4 is 0 Å². The van der Waals surface area contributed by atoms with Crippen LogP contribution in [0.25, 0.3) is 0 Å². The van der Waals surface area contributed by atoms with E-state index in [-0.39, 0.29) is 6.54 Å². The van der Waals surface area contributed by atoms with Crippen molar-refractivity contribution in [2.45, 2.75) is 0 Å². The Hall–Kier alpha value is -2.33. The zero-order valence-electron chi connectivity index (χ0n) is 7.23. The lowest BCUT2D eigenvalue weighted by Gasteiger charge is -1.88. The topological polar surface area (TPSA) is 66.9 Å². The van der Waals surface area contributed by atoms with E-state index in [4.69, 9.17) is 5.26 Å². The molecule has 4 heteroatoms. The average Bonchev–Trinajstić information content (AvgIpc) is 2.18. The Morgan fingerprint density at radius 1 is 1.29 bits per heavy atom. The van der Waals surface area contributed by atoms with Gasteiger partial charge < -0.3 is 0 Å². The predicted molar refractivity (Wildman–Crippen MR) is 49.9 cm³/mol. The molecule has 0 N–H and O–H groups in total. The molecule has 0 unspecified atom stereocenters. The van der Waals surface area contributed by atoms with Gasteiger partial charge in [0.25, 0.3) is 6.54 Å². The molecule has 1 aromatic carbocycles. The Bertz CT molecular complexity index is 432. The summed E-state index contributed by atoms with van der Waals surface area (Å²) in [4.78, 5) is 9.46. The van der Waals surface area contributed by atoms with E-state index < -0.39 is 4.92 Å². The fourth-order valence-corrected chi connectivity index (χ4v) is 0.834. The third-order valence-corrected chi connectivity index (χ3v) is 1.45. The lowest BCUT2D eigenvalue weighted by Crippen LogP contribution is -1.96. The summed E-state index contributed by atoms with van der Waals surface area (Å²) in [7, 11) is 0. The number of nitro groups is 1. The highest BCUT2D eigenvalue weighted by Gasteiger charge is 1.90. The van der Waals surface area contributed by atoms with Crippen molar-refractivity contribution in [1.82, 2.24) is 0 Å². The fraction of sp³-hybridized carbons (Fsp3) is 0.100. The molecule has 0 heterocycles. The van der Waals surface area contributed by atoms with Crippen molar-refractivity contribution in [2.24, 2.45) is 0 Å².